The molecule has 1 atom stereocenters. The van der Waals surface area contributed by atoms with Crippen LogP contribution < -0.4 is 10.6 Å². The lowest BCUT2D eigenvalue weighted by molar-refractivity contribution is -0.121. The van der Waals surface area contributed by atoms with Gasteiger partial charge >= 0.3 is 0 Å². The summed E-state index contributed by atoms with van der Waals surface area (Å²) in [7, 11) is 0. The van der Waals surface area contributed by atoms with E-state index in [1.165, 1.54) is 0 Å². The van der Waals surface area contributed by atoms with E-state index in [0.29, 0.717) is 5.95 Å². The fourth-order valence-corrected chi connectivity index (χ4v) is 2.40. The molecule has 1 aromatic heterocycles. The van der Waals surface area contributed by atoms with Crippen LogP contribution in [0.5, 0.6) is 0 Å². The molecule has 0 radical (unpaired) electrons. The highest BCUT2D eigenvalue weighted by Crippen LogP contribution is 2.15. The molecule has 0 aromatic carbocycles. The van der Waals surface area contributed by atoms with Crippen LogP contribution in [0.4, 0.5) is 5.95 Å². The van der Waals surface area contributed by atoms with Gasteiger partial charge in [-0.2, -0.15) is 0 Å². The molecule has 1 aromatic rings. The average molecular weight is 310 g/mol. The van der Waals surface area contributed by atoms with Crippen LogP contribution in [0.15, 0.2) is 18.5 Å². The van der Waals surface area contributed by atoms with Crippen molar-refractivity contribution < 1.29 is 4.79 Å². The summed E-state index contributed by atoms with van der Waals surface area (Å²) in [5.74, 6) is 1.70. The minimum atomic E-state index is -0.127. The summed E-state index contributed by atoms with van der Waals surface area (Å²) in [6, 6.07) is 1.79. The molecule has 0 aliphatic heterocycles. The molecule has 0 bridgehead atoms. The molecule has 0 aliphatic carbocycles. The van der Waals surface area contributed by atoms with Gasteiger partial charge in [-0.3, -0.25) is 4.79 Å². The maximum atomic E-state index is 12.0. The average Bonchev–Trinajstić information content (AvgIpc) is 2.47. The summed E-state index contributed by atoms with van der Waals surface area (Å²) in [5, 5.41) is 6.21. The number of aromatic nitrogens is 2. The van der Waals surface area contributed by atoms with Gasteiger partial charge in [-0.25, -0.2) is 9.97 Å². The Morgan fingerprint density at radius 1 is 1.38 bits per heavy atom. The van der Waals surface area contributed by atoms with Gasteiger partial charge in [0.2, 0.25) is 11.9 Å². The fourth-order valence-electron chi connectivity index (χ4n) is 1.52. The van der Waals surface area contributed by atoms with Gasteiger partial charge in [0.15, 0.2) is 0 Å². The molecular formula is C15H26N4OS. The van der Waals surface area contributed by atoms with E-state index in [1.54, 1.807) is 30.2 Å². The van der Waals surface area contributed by atoms with Crippen molar-refractivity contribution in [2.75, 3.05) is 17.6 Å². The van der Waals surface area contributed by atoms with Gasteiger partial charge in [-0.15, -0.1) is 11.8 Å². The van der Waals surface area contributed by atoms with Crippen molar-refractivity contribution >= 4 is 23.6 Å². The largest absolute Gasteiger partial charge is 0.354 e. The number of amides is 1. The fraction of sp³-hybridized carbons (Fsp3) is 0.667. The molecule has 1 heterocycles. The Morgan fingerprint density at radius 2 is 2.05 bits per heavy atom. The maximum absolute atomic E-state index is 12.0. The summed E-state index contributed by atoms with van der Waals surface area (Å²) in [6.45, 7) is 8.94. The van der Waals surface area contributed by atoms with Crippen LogP contribution in [0.3, 0.4) is 0 Å². The predicted molar refractivity (Wildman–Crippen MR) is 89.6 cm³/mol. The zero-order valence-corrected chi connectivity index (χ0v) is 14.2. The van der Waals surface area contributed by atoms with E-state index in [1.807, 2.05) is 20.8 Å². The Bertz CT molecular complexity index is 425. The molecule has 5 nitrogen and oxygen atoms in total. The van der Waals surface area contributed by atoms with Crippen LogP contribution >= 0.6 is 11.8 Å². The Kier molecular flexibility index (Phi) is 7.50. The molecule has 0 spiro atoms. The highest BCUT2D eigenvalue weighted by Gasteiger charge is 2.21. The molecule has 1 amide bonds. The lowest BCUT2D eigenvalue weighted by Gasteiger charge is -2.26. The number of nitrogens with one attached hydrogen (secondary N) is 2. The molecule has 0 saturated carbocycles. The monoisotopic (exact) mass is 310 g/mol. The number of nitrogens with zero attached hydrogens (tertiary/aromatic N) is 2. The second kappa shape index (κ2) is 8.87. The number of rotatable bonds is 9. The third-order valence-electron chi connectivity index (χ3n) is 3.25. The van der Waals surface area contributed by atoms with Gasteiger partial charge in [-0.1, -0.05) is 6.92 Å². The van der Waals surface area contributed by atoms with Crippen LogP contribution in [-0.2, 0) is 4.79 Å². The number of anilines is 1. The quantitative estimate of drug-likeness (QED) is 0.687. The Balaban J connectivity index is 2.16. The number of thioether (sulfide) groups is 1. The zero-order valence-electron chi connectivity index (χ0n) is 13.3. The molecule has 2 N–H and O–H groups in total. The van der Waals surface area contributed by atoms with Gasteiger partial charge in [0, 0.05) is 24.5 Å². The van der Waals surface area contributed by atoms with Crippen molar-refractivity contribution in [3.8, 4) is 0 Å². The van der Waals surface area contributed by atoms with Gasteiger partial charge in [0.25, 0.3) is 0 Å². The molecule has 0 aliphatic rings. The molecule has 1 rings (SSSR count). The minimum Gasteiger partial charge on any atom is -0.354 e. The minimum absolute atomic E-state index is 0.0243. The van der Waals surface area contributed by atoms with Gasteiger partial charge < -0.3 is 10.6 Å². The molecule has 118 valence electrons. The van der Waals surface area contributed by atoms with Gasteiger partial charge in [0.05, 0.1) is 5.25 Å². The number of hydrogen-bond donors (Lipinski definition) is 2. The highest BCUT2D eigenvalue weighted by molar-refractivity contribution is 8.00. The second-order valence-corrected chi connectivity index (χ2v) is 7.04. The highest BCUT2D eigenvalue weighted by atomic mass is 32.2. The molecule has 1 unspecified atom stereocenters. The molecule has 6 heteroatoms. The SMILES string of the molecule is CCC(C)(C)NC(=O)C(C)SCCCNc1ncccn1. The Morgan fingerprint density at radius 3 is 2.67 bits per heavy atom. The normalized spacial score (nSPS) is 12.8. The second-order valence-electron chi connectivity index (χ2n) is 5.59. The third-order valence-corrected chi connectivity index (χ3v) is 4.49. The summed E-state index contributed by atoms with van der Waals surface area (Å²) in [6.07, 6.45) is 5.33. The Hall–Kier alpha value is -1.30. The van der Waals surface area contributed by atoms with Crippen molar-refractivity contribution in [3.63, 3.8) is 0 Å². The topological polar surface area (TPSA) is 66.9 Å². The first-order valence-corrected chi connectivity index (χ1v) is 8.44. The lowest BCUT2D eigenvalue weighted by atomic mass is 10.0. The van der Waals surface area contributed by atoms with E-state index >= 15 is 0 Å². The van der Waals surface area contributed by atoms with Gasteiger partial charge in [0.1, 0.15) is 0 Å². The van der Waals surface area contributed by atoms with Crippen molar-refractivity contribution in [2.45, 2.75) is 51.3 Å². The van der Waals surface area contributed by atoms with E-state index in [9.17, 15) is 4.79 Å². The van der Waals surface area contributed by atoms with E-state index in [-0.39, 0.29) is 16.7 Å². The van der Waals surface area contributed by atoms with E-state index < -0.39 is 0 Å². The van der Waals surface area contributed by atoms with E-state index in [4.69, 9.17) is 0 Å². The standard InChI is InChI=1S/C15H26N4OS/c1-5-15(3,4)19-13(20)12(2)21-11-7-10-18-14-16-8-6-9-17-14/h6,8-9,12H,5,7,10-11H2,1-4H3,(H,19,20)(H,16,17,18). The number of hydrogen-bond acceptors (Lipinski definition) is 5. The van der Waals surface area contributed by atoms with E-state index in [2.05, 4.69) is 27.5 Å². The molecule has 0 fully saturated rings. The third kappa shape index (κ3) is 7.32. The van der Waals surface area contributed by atoms with Gasteiger partial charge in [-0.05, 0) is 45.4 Å². The van der Waals surface area contributed by atoms with Crippen molar-refractivity contribution in [3.05, 3.63) is 18.5 Å². The first-order chi connectivity index (χ1) is 9.94. The maximum Gasteiger partial charge on any atom is 0.233 e. The lowest BCUT2D eigenvalue weighted by Crippen LogP contribution is -2.46. The van der Waals surface area contributed by atoms with E-state index in [0.717, 1.165) is 25.1 Å². The molecular weight excluding hydrogens is 284 g/mol. The first-order valence-electron chi connectivity index (χ1n) is 7.39. The summed E-state index contributed by atoms with van der Waals surface area (Å²) in [4.78, 5) is 20.2. The number of carbonyl (C=O) groups is 1. The summed E-state index contributed by atoms with van der Waals surface area (Å²) >= 11 is 1.68. The summed E-state index contributed by atoms with van der Waals surface area (Å²) < 4.78 is 0. The first kappa shape index (κ1) is 17.8. The van der Waals surface area contributed by atoms with Crippen molar-refractivity contribution in [2.24, 2.45) is 0 Å². The van der Waals surface area contributed by atoms with Crippen LogP contribution in [0, 0.1) is 0 Å². The summed E-state index contributed by atoms with van der Waals surface area (Å²) in [5.41, 5.74) is -0.127. The van der Waals surface area contributed by atoms with Crippen molar-refractivity contribution in [1.29, 1.82) is 0 Å². The van der Waals surface area contributed by atoms with Crippen LogP contribution in [0.1, 0.15) is 40.5 Å². The number of carbonyl (C=O) groups excluding carboxylic acids is 1. The molecule has 0 saturated heterocycles. The molecule has 21 heavy (non-hydrogen) atoms. The van der Waals surface area contributed by atoms with Crippen LogP contribution in [0.2, 0.25) is 0 Å². The predicted octanol–water partition coefficient (Wildman–Crippen LogP) is 2.71. The smallest absolute Gasteiger partial charge is 0.233 e. The van der Waals surface area contributed by atoms with Crippen LogP contribution in [0.25, 0.3) is 0 Å². The Labute approximate surface area is 131 Å². The van der Waals surface area contributed by atoms with Crippen LogP contribution in [-0.4, -0.2) is 39.0 Å². The zero-order chi connectivity index (χ0) is 15.7. The van der Waals surface area contributed by atoms with Crippen molar-refractivity contribution in [1.82, 2.24) is 15.3 Å².